The molecule has 1 aliphatic carbocycles. The van der Waals surface area contributed by atoms with Crippen LogP contribution in [0.25, 0.3) is 5.57 Å². The lowest BCUT2D eigenvalue weighted by molar-refractivity contribution is 0.0489. The molecule has 1 aromatic heterocycles. The van der Waals surface area contributed by atoms with Crippen LogP contribution in [0.15, 0.2) is 16.7 Å². The highest BCUT2D eigenvalue weighted by Crippen LogP contribution is 2.26. The largest absolute Gasteiger partial charge is 0.460 e. The maximum atomic E-state index is 11.4. The van der Waals surface area contributed by atoms with E-state index in [4.69, 9.17) is 9.15 Å². The molecule has 0 saturated carbocycles. The van der Waals surface area contributed by atoms with Crippen LogP contribution in [0.1, 0.15) is 42.6 Å². The molecule has 1 aliphatic rings. The summed E-state index contributed by atoms with van der Waals surface area (Å²) < 4.78 is 10.2. The van der Waals surface area contributed by atoms with Crippen LogP contribution in [0.2, 0.25) is 0 Å². The molecule has 17 heavy (non-hydrogen) atoms. The van der Waals surface area contributed by atoms with Gasteiger partial charge in [0.1, 0.15) is 0 Å². The number of rotatable bonds is 3. The van der Waals surface area contributed by atoms with Crippen molar-refractivity contribution in [1.82, 2.24) is 4.98 Å². The van der Waals surface area contributed by atoms with Crippen LogP contribution in [-0.4, -0.2) is 28.8 Å². The van der Waals surface area contributed by atoms with Crippen LogP contribution in [0.5, 0.6) is 0 Å². The van der Waals surface area contributed by atoms with Gasteiger partial charge in [-0.3, -0.25) is 0 Å². The molecule has 1 N–H and O–H groups in total. The monoisotopic (exact) mass is 237 g/mol. The van der Waals surface area contributed by atoms with E-state index in [9.17, 15) is 9.90 Å². The summed E-state index contributed by atoms with van der Waals surface area (Å²) in [7, 11) is 0. The Morgan fingerprint density at radius 1 is 1.71 bits per heavy atom. The molecule has 0 amide bonds. The predicted octanol–water partition coefficient (Wildman–Crippen LogP) is 1.78. The molecule has 92 valence electrons. The first-order valence-electron chi connectivity index (χ1n) is 5.71. The fraction of sp³-hybridized carbons (Fsp3) is 0.500. The maximum Gasteiger partial charge on any atom is 0.375 e. The molecule has 0 saturated heterocycles. The van der Waals surface area contributed by atoms with Crippen molar-refractivity contribution in [3.05, 3.63) is 23.9 Å². The molecule has 1 atom stereocenters. The molecule has 0 spiro atoms. The molecule has 2 rings (SSSR count). The van der Waals surface area contributed by atoms with Gasteiger partial charge in [-0.15, -0.1) is 0 Å². The Kier molecular flexibility index (Phi) is 3.58. The van der Waals surface area contributed by atoms with E-state index in [-0.39, 0.29) is 11.9 Å². The van der Waals surface area contributed by atoms with Crippen molar-refractivity contribution in [1.29, 1.82) is 0 Å². The number of allylic oxidation sites excluding steroid dienone is 1. The highest BCUT2D eigenvalue weighted by molar-refractivity contribution is 5.86. The van der Waals surface area contributed by atoms with Crippen molar-refractivity contribution >= 4 is 11.5 Å². The number of aliphatic hydroxyl groups excluding tert-OH is 1. The van der Waals surface area contributed by atoms with Crippen LogP contribution in [0.3, 0.4) is 0 Å². The number of carbonyl (C=O) groups is 1. The molecule has 0 aliphatic heterocycles. The number of hydrogen-bond donors (Lipinski definition) is 1. The molecule has 1 aromatic rings. The molecule has 0 bridgehead atoms. The molecule has 0 radical (unpaired) electrons. The van der Waals surface area contributed by atoms with Gasteiger partial charge in [0.15, 0.2) is 0 Å². The zero-order chi connectivity index (χ0) is 12.3. The van der Waals surface area contributed by atoms with Crippen LogP contribution in [0.4, 0.5) is 0 Å². The first-order valence-corrected chi connectivity index (χ1v) is 5.71. The quantitative estimate of drug-likeness (QED) is 0.811. The highest BCUT2D eigenvalue weighted by atomic mass is 16.5. The van der Waals surface area contributed by atoms with Crippen LogP contribution in [-0.2, 0) is 4.74 Å². The van der Waals surface area contributed by atoms with Crippen LogP contribution < -0.4 is 0 Å². The van der Waals surface area contributed by atoms with Gasteiger partial charge in [0, 0.05) is 5.57 Å². The highest BCUT2D eigenvalue weighted by Gasteiger charge is 2.19. The van der Waals surface area contributed by atoms with E-state index in [1.165, 1.54) is 6.20 Å². The summed E-state index contributed by atoms with van der Waals surface area (Å²) >= 11 is 0. The Hall–Kier alpha value is -1.62. The van der Waals surface area contributed by atoms with Crippen LogP contribution in [0, 0.1) is 0 Å². The molecule has 5 heteroatoms. The zero-order valence-corrected chi connectivity index (χ0v) is 9.68. The summed E-state index contributed by atoms with van der Waals surface area (Å²) in [6, 6.07) is 0. The summed E-state index contributed by atoms with van der Waals surface area (Å²) in [6.45, 7) is 2.05. The van der Waals surface area contributed by atoms with Gasteiger partial charge in [-0.1, -0.05) is 6.08 Å². The lowest BCUT2D eigenvalue weighted by atomic mass is 9.97. The first-order chi connectivity index (χ1) is 8.20. The number of oxazole rings is 1. The maximum absolute atomic E-state index is 11.4. The average molecular weight is 237 g/mol. The van der Waals surface area contributed by atoms with Gasteiger partial charge in [-0.05, 0) is 26.2 Å². The number of esters is 1. The molecular weight excluding hydrogens is 222 g/mol. The standard InChI is InChI=1S/C12H15NO4/c1-2-16-12(15)10-7-13-11(17-10)8-3-5-9(14)6-4-8/h3,7,9,14H,2,4-6H2,1H3. The van der Waals surface area contributed by atoms with Gasteiger partial charge in [-0.25, -0.2) is 9.78 Å². The van der Waals surface area contributed by atoms with Gasteiger partial charge >= 0.3 is 5.97 Å². The van der Waals surface area contributed by atoms with Crippen molar-refractivity contribution < 1.29 is 19.1 Å². The third kappa shape index (κ3) is 2.74. The second kappa shape index (κ2) is 5.14. The fourth-order valence-corrected chi connectivity index (χ4v) is 1.73. The molecule has 0 fully saturated rings. The van der Waals surface area contributed by atoms with Crippen LogP contribution >= 0.6 is 0 Å². The number of ether oxygens (including phenoxy) is 1. The van der Waals surface area contributed by atoms with Gasteiger partial charge in [0.25, 0.3) is 0 Å². The average Bonchev–Trinajstić information content (AvgIpc) is 2.80. The topological polar surface area (TPSA) is 72.6 Å². The predicted molar refractivity (Wildman–Crippen MR) is 60.3 cm³/mol. The third-order valence-corrected chi connectivity index (χ3v) is 2.64. The van der Waals surface area contributed by atoms with E-state index in [1.807, 2.05) is 6.08 Å². The third-order valence-electron chi connectivity index (χ3n) is 2.64. The van der Waals surface area contributed by atoms with Gasteiger partial charge in [0.05, 0.1) is 18.9 Å². The number of aromatic nitrogens is 1. The summed E-state index contributed by atoms with van der Waals surface area (Å²) in [5.74, 6) is 0.0662. The molecular formula is C12H15NO4. The smallest absolute Gasteiger partial charge is 0.375 e. The summed E-state index contributed by atoms with van der Waals surface area (Å²) in [4.78, 5) is 15.4. The second-order valence-electron chi connectivity index (χ2n) is 3.91. The van der Waals surface area contributed by atoms with Gasteiger partial charge < -0.3 is 14.3 Å². The Morgan fingerprint density at radius 2 is 2.53 bits per heavy atom. The van der Waals surface area contributed by atoms with Gasteiger partial charge in [0.2, 0.25) is 11.7 Å². The van der Waals surface area contributed by atoms with E-state index in [0.29, 0.717) is 31.8 Å². The summed E-state index contributed by atoms with van der Waals surface area (Å²) in [5.41, 5.74) is 0.936. The lowest BCUT2D eigenvalue weighted by Crippen LogP contribution is -2.09. The van der Waals surface area contributed by atoms with Crippen molar-refractivity contribution in [2.24, 2.45) is 0 Å². The van der Waals surface area contributed by atoms with Crippen molar-refractivity contribution in [2.75, 3.05) is 6.61 Å². The number of nitrogens with zero attached hydrogens (tertiary/aromatic N) is 1. The van der Waals surface area contributed by atoms with E-state index in [0.717, 1.165) is 5.57 Å². The molecule has 5 nitrogen and oxygen atoms in total. The SMILES string of the molecule is CCOC(=O)c1cnc(C2=CCC(O)CC2)o1. The first kappa shape index (κ1) is 11.9. The van der Waals surface area contributed by atoms with Crippen molar-refractivity contribution in [3.63, 3.8) is 0 Å². The Labute approximate surface area is 99.1 Å². The Morgan fingerprint density at radius 3 is 3.18 bits per heavy atom. The number of hydrogen-bond acceptors (Lipinski definition) is 5. The molecule has 0 aromatic carbocycles. The number of aliphatic hydroxyl groups is 1. The molecule has 1 unspecified atom stereocenters. The summed E-state index contributed by atoms with van der Waals surface area (Å²) in [6.07, 6.45) is 5.01. The fourth-order valence-electron chi connectivity index (χ4n) is 1.73. The summed E-state index contributed by atoms with van der Waals surface area (Å²) in [5, 5.41) is 9.37. The van der Waals surface area contributed by atoms with E-state index in [1.54, 1.807) is 6.92 Å². The molecule has 1 heterocycles. The normalized spacial score (nSPS) is 19.9. The van der Waals surface area contributed by atoms with E-state index >= 15 is 0 Å². The van der Waals surface area contributed by atoms with E-state index < -0.39 is 5.97 Å². The Balaban J connectivity index is 2.10. The zero-order valence-electron chi connectivity index (χ0n) is 9.68. The minimum Gasteiger partial charge on any atom is -0.460 e. The minimum absolute atomic E-state index is 0.119. The lowest BCUT2D eigenvalue weighted by Gasteiger charge is -2.14. The minimum atomic E-state index is -0.498. The Bertz CT molecular complexity index is 435. The van der Waals surface area contributed by atoms with Crippen molar-refractivity contribution in [3.8, 4) is 0 Å². The van der Waals surface area contributed by atoms with Crippen molar-refractivity contribution in [2.45, 2.75) is 32.3 Å². The number of carbonyl (C=O) groups excluding carboxylic acids is 1. The van der Waals surface area contributed by atoms with E-state index in [2.05, 4.69) is 4.98 Å². The second-order valence-corrected chi connectivity index (χ2v) is 3.91. The van der Waals surface area contributed by atoms with Gasteiger partial charge in [-0.2, -0.15) is 0 Å².